The van der Waals surface area contributed by atoms with Gasteiger partial charge in [-0.3, -0.25) is 0 Å². The topological polar surface area (TPSA) is 37.3 Å². The summed E-state index contributed by atoms with van der Waals surface area (Å²) >= 11 is 0. The molecule has 2 rings (SSSR count). The molecule has 0 aromatic heterocycles. The molecule has 5 heteroatoms. The van der Waals surface area contributed by atoms with Crippen LogP contribution >= 0.6 is 0 Å². The average molecular weight is 320 g/mol. The van der Waals surface area contributed by atoms with E-state index in [0.29, 0.717) is 11.1 Å². The van der Waals surface area contributed by atoms with Gasteiger partial charge in [-0.15, -0.1) is 0 Å². The van der Waals surface area contributed by atoms with Gasteiger partial charge in [-0.2, -0.15) is 13.2 Å². The number of carboxylic acid groups (broad SMARTS) is 1. The summed E-state index contributed by atoms with van der Waals surface area (Å²) in [6, 6.07) is 11.4. The zero-order valence-electron chi connectivity index (χ0n) is 12.4. The normalized spacial score (nSPS) is 12.3. The lowest BCUT2D eigenvalue weighted by Gasteiger charge is -2.07. The molecule has 0 bridgehead atoms. The molecule has 0 amide bonds. The number of hydrogen-bond donors (Lipinski definition) is 1. The molecule has 1 N–H and O–H groups in total. The van der Waals surface area contributed by atoms with Crippen LogP contribution in [0.2, 0.25) is 0 Å². The SMILES string of the molecule is CCc1ccc(/C(=C/c2ccc(C(F)(F)F)cc2)C(=O)O)cc1. The molecule has 0 saturated heterocycles. The molecule has 0 aliphatic rings. The minimum Gasteiger partial charge on any atom is -0.478 e. The van der Waals surface area contributed by atoms with Crippen LogP contribution in [0.3, 0.4) is 0 Å². The van der Waals surface area contributed by atoms with Gasteiger partial charge in [0, 0.05) is 0 Å². The van der Waals surface area contributed by atoms with E-state index in [0.717, 1.165) is 24.1 Å². The van der Waals surface area contributed by atoms with Gasteiger partial charge in [0.15, 0.2) is 0 Å². The van der Waals surface area contributed by atoms with Crippen molar-refractivity contribution in [1.29, 1.82) is 0 Å². The van der Waals surface area contributed by atoms with Crippen molar-refractivity contribution in [3.8, 4) is 0 Å². The van der Waals surface area contributed by atoms with Gasteiger partial charge in [-0.25, -0.2) is 4.79 Å². The van der Waals surface area contributed by atoms with E-state index in [1.807, 2.05) is 19.1 Å². The maximum Gasteiger partial charge on any atom is 0.416 e. The van der Waals surface area contributed by atoms with E-state index >= 15 is 0 Å². The highest BCUT2D eigenvalue weighted by atomic mass is 19.4. The highest BCUT2D eigenvalue weighted by Crippen LogP contribution is 2.29. The molecule has 2 aromatic carbocycles. The molecule has 0 aliphatic heterocycles. The number of alkyl halides is 3. The molecule has 2 aromatic rings. The van der Waals surface area contributed by atoms with Crippen LogP contribution in [0.4, 0.5) is 13.2 Å². The Kier molecular flexibility index (Phi) is 4.89. The molecule has 0 spiro atoms. The van der Waals surface area contributed by atoms with Crippen molar-refractivity contribution < 1.29 is 23.1 Å². The molecular weight excluding hydrogens is 305 g/mol. The van der Waals surface area contributed by atoms with E-state index in [1.54, 1.807) is 12.1 Å². The summed E-state index contributed by atoms with van der Waals surface area (Å²) in [5, 5.41) is 9.35. The van der Waals surface area contributed by atoms with Crippen molar-refractivity contribution in [3.05, 3.63) is 70.8 Å². The fourth-order valence-corrected chi connectivity index (χ4v) is 2.12. The minimum atomic E-state index is -4.41. The van der Waals surface area contributed by atoms with Gasteiger partial charge in [0.2, 0.25) is 0 Å². The van der Waals surface area contributed by atoms with Crippen molar-refractivity contribution in [2.45, 2.75) is 19.5 Å². The van der Waals surface area contributed by atoms with Gasteiger partial charge >= 0.3 is 12.1 Å². The van der Waals surface area contributed by atoms with Crippen molar-refractivity contribution in [2.24, 2.45) is 0 Å². The number of aliphatic carboxylic acids is 1. The van der Waals surface area contributed by atoms with Crippen molar-refractivity contribution in [2.75, 3.05) is 0 Å². The highest BCUT2D eigenvalue weighted by molar-refractivity contribution is 6.20. The van der Waals surface area contributed by atoms with Crippen LogP contribution in [0.25, 0.3) is 11.6 Å². The van der Waals surface area contributed by atoms with E-state index in [2.05, 4.69) is 0 Å². The van der Waals surface area contributed by atoms with Gasteiger partial charge in [-0.05, 0) is 41.3 Å². The van der Waals surface area contributed by atoms with E-state index < -0.39 is 17.7 Å². The number of carbonyl (C=O) groups is 1. The fourth-order valence-electron chi connectivity index (χ4n) is 2.12. The number of benzene rings is 2. The molecule has 23 heavy (non-hydrogen) atoms. The van der Waals surface area contributed by atoms with E-state index in [-0.39, 0.29) is 5.57 Å². The van der Waals surface area contributed by atoms with Crippen molar-refractivity contribution in [1.82, 2.24) is 0 Å². The van der Waals surface area contributed by atoms with Gasteiger partial charge in [0.05, 0.1) is 11.1 Å². The summed E-state index contributed by atoms with van der Waals surface area (Å²) in [6.45, 7) is 1.99. The fraction of sp³-hybridized carbons (Fsp3) is 0.167. The Morgan fingerprint density at radius 2 is 1.61 bits per heavy atom. The first-order valence-corrected chi connectivity index (χ1v) is 7.03. The number of hydrogen-bond acceptors (Lipinski definition) is 1. The van der Waals surface area contributed by atoms with Gasteiger partial charge in [0.25, 0.3) is 0 Å². The molecule has 0 radical (unpaired) electrons. The third-order valence-corrected chi connectivity index (χ3v) is 3.45. The molecule has 0 heterocycles. The second kappa shape index (κ2) is 6.69. The Hall–Kier alpha value is -2.56. The smallest absolute Gasteiger partial charge is 0.416 e. The maximum absolute atomic E-state index is 12.5. The van der Waals surface area contributed by atoms with Crippen molar-refractivity contribution in [3.63, 3.8) is 0 Å². The van der Waals surface area contributed by atoms with Crippen LogP contribution in [0.5, 0.6) is 0 Å². The number of carboxylic acids is 1. The Morgan fingerprint density at radius 3 is 2.04 bits per heavy atom. The number of rotatable bonds is 4. The first-order chi connectivity index (χ1) is 10.8. The Morgan fingerprint density at radius 1 is 1.04 bits per heavy atom. The molecule has 0 fully saturated rings. The lowest BCUT2D eigenvalue weighted by Crippen LogP contribution is -2.04. The number of aryl methyl sites for hydroxylation is 1. The Bertz CT molecular complexity index is 711. The van der Waals surface area contributed by atoms with E-state index in [4.69, 9.17) is 0 Å². The lowest BCUT2D eigenvalue weighted by molar-refractivity contribution is -0.137. The standard InChI is InChI=1S/C18H15F3O2/c1-2-12-3-7-14(8-4-12)16(17(22)23)11-13-5-9-15(10-6-13)18(19,20)21/h3-11H,2H2,1H3,(H,22,23)/b16-11-. The van der Waals surface area contributed by atoms with Crippen LogP contribution in [0, 0.1) is 0 Å². The Balaban J connectivity index is 2.36. The van der Waals surface area contributed by atoms with Gasteiger partial charge in [-0.1, -0.05) is 43.3 Å². The molecular formula is C18H15F3O2. The van der Waals surface area contributed by atoms with E-state index in [1.165, 1.54) is 18.2 Å². The first kappa shape index (κ1) is 16.8. The molecule has 120 valence electrons. The largest absolute Gasteiger partial charge is 0.478 e. The predicted octanol–water partition coefficient (Wildman–Crippen LogP) is 4.89. The first-order valence-electron chi connectivity index (χ1n) is 7.03. The summed E-state index contributed by atoms with van der Waals surface area (Å²) in [5.41, 5.74) is 1.25. The Labute approximate surface area is 131 Å². The summed E-state index contributed by atoms with van der Waals surface area (Å²) in [7, 11) is 0. The number of halogens is 3. The zero-order valence-corrected chi connectivity index (χ0v) is 12.4. The summed E-state index contributed by atoms with van der Waals surface area (Å²) in [5.74, 6) is -1.13. The molecule has 0 unspecified atom stereocenters. The molecule has 2 nitrogen and oxygen atoms in total. The van der Waals surface area contributed by atoms with E-state index in [9.17, 15) is 23.1 Å². The average Bonchev–Trinajstić information content (AvgIpc) is 2.52. The second-order valence-corrected chi connectivity index (χ2v) is 5.03. The van der Waals surface area contributed by atoms with Crippen LogP contribution in [-0.4, -0.2) is 11.1 Å². The zero-order chi connectivity index (χ0) is 17.0. The van der Waals surface area contributed by atoms with Crippen LogP contribution < -0.4 is 0 Å². The monoisotopic (exact) mass is 320 g/mol. The van der Waals surface area contributed by atoms with Crippen LogP contribution in [-0.2, 0) is 17.4 Å². The molecule has 0 atom stereocenters. The minimum absolute atomic E-state index is 0.0346. The summed E-state index contributed by atoms with van der Waals surface area (Å²) < 4.78 is 37.6. The quantitative estimate of drug-likeness (QED) is 0.643. The molecule has 0 aliphatic carbocycles. The van der Waals surface area contributed by atoms with Gasteiger partial charge in [0.1, 0.15) is 0 Å². The maximum atomic E-state index is 12.5. The van der Waals surface area contributed by atoms with Gasteiger partial charge < -0.3 is 5.11 Å². The predicted molar refractivity (Wildman–Crippen MR) is 82.8 cm³/mol. The third kappa shape index (κ3) is 4.22. The second-order valence-electron chi connectivity index (χ2n) is 5.03. The lowest BCUT2D eigenvalue weighted by atomic mass is 10.0. The van der Waals surface area contributed by atoms with Crippen molar-refractivity contribution >= 4 is 17.6 Å². The summed E-state index contributed by atoms with van der Waals surface area (Å²) in [4.78, 5) is 11.4. The van der Waals surface area contributed by atoms with Crippen LogP contribution in [0.1, 0.15) is 29.2 Å². The summed E-state index contributed by atoms with van der Waals surface area (Å²) in [6.07, 6.45) is -2.21. The van der Waals surface area contributed by atoms with Crippen LogP contribution in [0.15, 0.2) is 48.5 Å². The third-order valence-electron chi connectivity index (χ3n) is 3.45. The highest BCUT2D eigenvalue weighted by Gasteiger charge is 2.29. The molecule has 0 saturated carbocycles.